The van der Waals surface area contributed by atoms with Gasteiger partial charge in [0.15, 0.2) is 0 Å². The maximum absolute atomic E-state index is 14.1. The highest BCUT2D eigenvalue weighted by Gasteiger charge is 2.12. The predicted molar refractivity (Wildman–Crippen MR) is 142 cm³/mol. The lowest BCUT2D eigenvalue weighted by molar-refractivity contribution is 0.562. The minimum absolute atomic E-state index is 0.249. The fraction of sp³-hybridized carbons (Fsp3) is 0.167. The molecule has 2 aromatic heterocycles. The van der Waals surface area contributed by atoms with E-state index < -0.39 is 0 Å². The zero-order valence-electron chi connectivity index (χ0n) is 19.5. The molecular weight excluding hydrogens is 435 g/mol. The molecule has 0 saturated heterocycles. The van der Waals surface area contributed by atoms with Crippen LogP contribution in [0.2, 0.25) is 0 Å². The number of imidazole rings is 1. The monoisotopic (exact) mass is 462 g/mol. The Labute approximate surface area is 203 Å². The third kappa shape index (κ3) is 4.03. The van der Waals surface area contributed by atoms with Crippen molar-refractivity contribution in [2.45, 2.75) is 32.5 Å². The Morgan fingerprint density at radius 3 is 1.91 bits per heavy atom. The van der Waals surface area contributed by atoms with Gasteiger partial charge in [-0.05, 0) is 49.2 Å². The van der Waals surface area contributed by atoms with Crippen LogP contribution in [0.3, 0.4) is 0 Å². The minimum Gasteiger partial charge on any atom is -0.375 e. The van der Waals surface area contributed by atoms with E-state index in [9.17, 15) is 4.39 Å². The van der Waals surface area contributed by atoms with Gasteiger partial charge in [-0.25, -0.2) is 9.37 Å². The number of halogens is 1. The molecule has 0 radical (unpaired) electrons. The molecule has 1 N–H and O–H groups in total. The second kappa shape index (κ2) is 9.26. The van der Waals surface area contributed by atoms with E-state index in [0.717, 1.165) is 42.8 Å². The molecule has 4 nitrogen and oxygen atoms in total. The van der Waals surface area contributed by atoms with Gasteiger partial charge >= 0.3 is 0 Å². The lowest BCUT2D eigenvalue weighted by Crippen LogP contribution is -2.10. The van der Waals surface area contributed by atoms with E-state index in [1.807, 2.05) is 24.3 Å². The number of benzene rings is 4. The Bertz CT molecular complexity index is 1580. The molecule has 0 aliphatic rings. The number of fused-ring (bicyclic) bond motifs is 4. The zero-order chi connectivity index (χ0) is 23.6. The van der Waals surface area contributed by atoms with Crippen molar-refractivity contribution in [2.75, 3.05) is 5.32 Å². The van der Waals surface area contributed by atoms with Gasteiger partial charge in [-0.1, -0.05) is 60.7 Å². The molecular formula is C30H27FN4. The van der Waals surface area contributed by atoms with Crippen LogP contribution in [0.1, 0.15) is 18.7 Å². The SMILES string of the molecule is Fc1ccccc1NCc1nc2ccccc2n1CCCCn1c2ccccc2c2ccccc21. The molecule has 174 valence electrons. The normalized spacial score (nSPS) is 11.6. The Hall–Kier alpha value is -4.12. The summed E-state index contributed by atoms with van der Waals surface area (Å²) in [7, 11) is 0. The van der Waals surface area contributed by atoms with E-state index in [2.05, 4.69) is 69.0 Å². The summed E-state index contributed by atoms with van der Waals surface area (Å²) in [5.74, 6) is 0.674. The first-order valence-corrected chi connectivity index (χ1v) is 12.2. The maximum atomic E-state index is 14.1. The molecule has 0 aliphatic heterocycles. The van der Waals surface area contributed by atoms with Gasteiger partial charge in [0.1, 0.15) is 11.6 Å². The number of rotatable bonds is 8. The van der Waals surface area contributed by atoms with Crippen LogP contribution in [0.15, 0.2) is 97.1 Å². The predicted octanol–water partition coefficient (Wildman–Crippen LogP) is 7.38. The summed E-state index contributed by atoms with van der Waals surface area (Å²) in [6, 6.07) is 32.3. The van der Waals surface area contributed by atoms with Crippen LogP contribution < -0.4 is 5.32 Å². The first kappa shape index (κ1) is 21.4. The first-order valence-electron chi connectivity index (χ1n) is 12.2. The number of hydrogen-bond acceptors (Lipinski definition) is 2. The summed E-state index contributed by atoms with van der Waals surface area (Å²) >= 11 is 0. The second-order valence-electron chi connectivity index (χ2n) is 8.89. The van der Waals surface area contributed by atoms with Crippen LogP contribution in [-0.2, 0) is 19.6 Å². The van der Waals surface area contributed by atoms with Crippen LogP contribution >= 0.6 is 0 Å². The maximum Gasteiger partial charge on any atom is 0.146 e. The number of aryl methyl sites for hydroxylation is 2. The minimum atomic E-state index is -0.249. The fourth-order valence-electron chi connectivity index (χ4n) is 5.07. The van der Waals surface area contributed by atoms with E-state index >= 15 is 0 Å². The van der Waals surface area contributed by atoms with Gasteiger partial charge in [0.25, 0.3) is 0 Å². The average molecular weight is 463 g/mol. The molecule has 6 aromatic rings. The number of para-hydroxylation sites is 5. The quantitative estimate of drug-likeness (QED) is 0.240. The average Bonchev–Trinajstić information content (AvgIpc) is 3.41. The van der Waals surface area contributed by atoms with Crippen molar-refractivity contribution in [1.82, 2.24) is 14.1 Å². The van der Waals surface area contributed by atoms with E-state index in [-0.39, 0.29) is 5.82 Å². The van der Waals surface area contributed by atoms with E-state index in [1.54, 1.807) is 12.1 Å². The Morgan fingerprint density at radius 1 is 0.629 bits per heavy atom. The molecule has 5 heteroatoms. The summed E-state index contributed by atoms with van der Waals surface area (Å²) in [6.07, 6.45) is 2.07. The largest absolute Gasteiger partial charge is 0.375 e. The molecule has 0 fully saturated rings. The van der Waals surface area contributed by atoms with Gasteiger partial charge in [-0.2, -0.15) is 0 Å². The molecule has 0 bridgehead atoms. The van der Waals surface area contributed by atoms with Crippen molar-refractivity contribution in [2.24, 2.45) is 0 Å². The molecule has 0 aliphatic carbocycles. The lowest BCUT2D eigenvalue weighted by Gasteiger charge is -2.12. The van der Waals surface area contributed by atoms with Gasteiger partial charge in [0.2, 0.25) is 0 Å². The number of aromatic nitrogens is 3. The van der Waals surface area contributed by atoms with E-state index in [1.165, 1.54) is 27.9 Å². The van der Waals surface area contributed by atoms with Gasteiger partial charge in [0.05, 0.1) is 23.3 Å². The van der Waals surface area contributed by atoms with Crippen molar-refractivity contribution < 1.29 is 4.39 Å². The summed E-state index contributed by atoms with van der Waals surface area (Å²) in [6.45, 7) is 2.30. The molecule has 0 saturated carbocycles. The zero-order valence-corrected chi connectivity index (χ0v) is 19.5. The number of anilines is 1. The molecule has 4 aromatic carbocycles. The highest BCUT2D eigenvalue weighted by Crippen LogP contribution is 2.29. The smallest absolute Gasteiger partial charge is 0.146 e. The van der Waals surface area contributed by atoms with Crippen LogP contribution in [0, 0.1) is 5.82 Å². The standard InChI is InChI=1S/C30H27FN4/c31-24-13-3-4-14-25(24)32-21-30-33-26-15-5-8-18-29(26)35(30)20-10-9-19-34-27-16-6-1-11-22(27)23-12-2-7-17-28(23)34/h1-8,11-18,32H,9-10,19-21H2. The number of hydrogen-bond donors (Lipinski definition) is 1. The summed E-state index contributed by atoms with van der Waals surface area (Å²) < 4.78 is 18.8. The molecule has 0 unspecified atom stereocenters. The van der Waals surface area contributed by atoms with Crippen molar-refractivity contribution in [3.8, 4) is 0 Å². The molecule has 35 heavy (non-hydrogen) atoms. The Morgan fingerprint density at radius 2 is 1.20 bits per heavy atom. The molecule has 0 atom stereocenters. The van der Waals surface area contributed by atoms with Gasteiger partial charge in [0, 0.05) is 34.9 Å². The van der Waals surface area contributed by atoms with Gasteiger partial charge < -0.3 is 14.5 Å². The van der Waals surface area contributed by atoms with Crippen molar-refractivity contribution >= 4 is 38.5 Å². The summed E-state index contributed by atoms with van der Waals surface area (Å²) in [4.78, 5) is 4.84. The van der Waals surface area contributed by atoms with E-state index in [0.29, 0.717) is 12.2 Å². The molecule has 6 rings (SSSR count). The Balaban J connectivity index is 1.21. The fourth-order valence-corrected chi connectivity index (χ4v) is 5.07. The molecule has 0 spiro atoms. The highest BCUT2D eigenvalue weighted by atomic mass is 19.1. The Kier molecular flexibility index (Phi) is 5.67. The summed E-state index contributed by atoms with van der Waals surface area (Å²) in [5, 5.41) is 5.84. The van der Waals surface area contributed by atoms with Crippen LogP contribution in [0.25, 0.3) is 32.8 Å². The van der Waals surface area contributed by atoms with Gasteiger partial charge in [-0.15, -0.1) is 0 Å². The molecule has 2 heterocycles. The highest BCUT2D eigenvalue weighted by molar-refractivity contribution is 6.07. The third-order valence-electron chi connectivity index (χ3n) is 6.74. The summed E-state index contributed by atoms with van der Waals surface area (Å²) in [5.41, 5.74) is 5.17. The lowest BCUT2D eigenvalue weighted by atomic mass is 10.2. The van der Waals surface area contributed by atoms with Crippen LogP contribution in [0.4, 0.5) is 10.1 Å². The van der Waals surface area contributed by atoms with Crippen molar-refractivity contribution in [3.05, 3.63) is 109 Å². The first-order chi connectivity index (χ1) is 17.3. The van der Waals surface area contributed by atoms with Crippen LogP contribution in [0.5, 0.6) is 0 Å². The van der Waals surface area contributed by atoms with Gasteiger partial charge in [-0.3, -0.25) is 0 Å². The number of nitrogens with zero attached hydrogens (tertiary/aromatic N) is 3. The van der Waals surface area contributed by atoms with E-state index in [4.69, 9.17) is 4.98 Å². The van der Waals surface area contributed by atoms with Crippen molar-refractivity contribution in [1.29, 1.82) is 0 Å². The second-order valence-corrected chi connectivity index (χ2v) is 8.89. The molecule has 0 amide bonds. The number of unbranched alkanes of at least 4 members (excludes halogenated alkanes) is 1. The number of nitrogens with one attached hydrogen (secondary N) is 1. The van der Waals surface area contributed by atoms with Crippen LogP contribution in [-0.4, -0.2) is 14.1 Å². The third-order valence-corrected chi connectivity index (χ3v) is 6.74. The van der Waals surface area contributed by atoms with Crippen molar-refractivity contribution in [3.63, 3.8) is 0 Å². The topological polar surface area (TPSA) is 34.8 Å².